The second-order valence-corrected chi connectivity index (χ2v) is 6.39. The highest BCUT2D eigenvalue weighted by Gasteiger charge is 2.21. The molecule has 2 aromatic rings. The fourth-order valence-electron chi connectivity index (χ4n) is 1.85. The van der Waals surface area contributed by atoms with Crippen molar-refractivity contribution in [2.45, 2.75) is 26.4 Å². The zero-order valence-corrected chi connectivity index (χ0v) is 14.6. The molecule has 0 spiro atoms. The van der Waals surface area contributed by atoms with Gasteiger partial charge in [-0.15, -0.1) is 10.2 Å². The Labute approximate surface area is 145 Å². The maximum Gasteiger partial charge on any atom is 0.421 e. The summed E-state index contributed by atoms with van der Waals surface area (Å²) in [5.41, 5.74) is 0.409. The van der Waals surface area contributed by atoms with Gasteiger partial charge in [0.15, 0.2) is 5.82 Å². The van der Waals surface area contributed by atoms with Crippen molar-refractivity contribution in [2.24, 2.45) is 0 Å². The van der Waals surface area contributed by atoms with E-state index >= 15 is 0 Å². The van der Waals surface area contributed by atoms with Crippen LogP contribution in [0.25, 0.3) is 11.4 Å². The number of aromatic nitrogens is 3. The quantitative estimate of drug-likeness (QED) is 0.675. The number of nitrogens with zero attached hydrogens (tertiary/aromatic N) is 3. The smallest absolute Gasteiger partial charge is 0.421 e. The Morgan fingerprint density at radius 1 is 1.21 bits per heavy atom. The van der Waals surface area contributed by atoms with Crippen molar-refractivity contribution >= 4 is 24.7 Å². The molecule has 0 amide bonds. The number of rotatable bonds is 4. The molecule has 7 nitrogen and oxygen atoms in total. The fourth-order valence-corrected chi connectivity index (χ4v) is 1.94. The number of hydrogen-bond acceptors (Lipinski definition) is 7. The minimum Gasteiger partial charge on any atom is -0.461 e. The molecule has 0 radical (unpaired) electrons. The van der Waals surface area contributed by atoms with Crippen molar-refractivity contribution in [1.29, 1.82) is 0 Å². The first kappa shape index (κ1) is 18.0. The Kier molecular flexibility index (Phi) is 5.61. The van der Waals surface area contributed by atoms with E-state index in [1.165, 1.54) is 10.9 Å². The van der Waals surface area contributed by atoms with Gasteiger partial charge >= 0.3 is 12.1 Å². The van der Waals surface area contributed by atoms with Gasteiger partial charge in [0.1, 0.15) is 18.5 Å². The molecule has 0 bridgehead atoms. The zero-order valence-electron chi connectivity index (χ0n) is 13.7. The van der Waals surface area contributed by atoms with Gasteiger partial charge in [-0.3, -0.25) is 0 Å². The van der Waals surface area contributed by atoms with Crippen LogP contribution in [0.2, 0.25) is 0 Å². The number of thiol groups is 1. The van der Waals surface area contributed by atoms with Crippen LogP contribution in [0.3, 0.4) is 0 Å². The highest BCUT2D eigenvalue weighted by molar-refractivity contribution is 7.80. The Bertz CT molecular complexity index is 720. The van der Waals surface area contributed by atoms with E-state index in [2.05, 4.69) is 22.8 Å². The van der Waals surface area contributed by atoms with E-state index < -0.39 is 17.7 Å². The summed E-state index contributed by atoms with van der Waals surface area (Å²) in [6.45, 7) is 5.58. The second-order valence-electron chi connectivity index (χ2n) is 5.94. The summed E-state index contributed by atoms with van der Waals surface area (Å²) >= 11 is 3.99. The van der Waals surface area contributed by atoms with Crippen LogP contribution < -0.4 is 0 Å². The Morgan fingerprint density at radius 3 is 2.46 bits per heavy atom. The summed E-state index contributed by atoms with van der Waals surface area (Å²) < 4.78 is 11.5. The lowest BCUT2D eigenvalue weighted by molar-refractivity contribution is 0.0523. The minimum atomic E-state index is -0.626. The summed E-state index contributed by atoms with van der Waals surface area (Å²) in [5, 5.41) is 7.71. The lowest BCUT2D eigenvalue weighted by Gasteiger charge is -2.19. The molecule has 0 unspecified atom stereocenters. The molecule has 0 fully saturated rings. The first-order valence-electron chi connectivity index (χ1n) is 7.33. The van der Waals surface area contributed by atoms with Gasteiger partial charge in [-0.05, 0) is 32.9 Å². The van der Waals surface area contributed by atoms with Gasteiger partial charge in [0.25, 0.3) is 0 Å². The van der Waals surface area contributed by atoms with Gasteiger partial charge in [-0.2, -0.15) is 12.6 Å². The number of carbonyl (C=O) groups excluding carboxylic acids is 2. The standard InChI is InChI=1S/C16H19N3O4S/c1-16(2,3)23-15(21)19-10-17-18-13(19)11-4-6-12(7-5-11)14(20)22-8-9-24/h4-7,10,24H,8-9H2,1-3H3. The molecule has 2 rings (SSSR count). The number of hydrogen-bond donors (Lipinski definition) is 1. The predicted octanol–water partition coefficient (Wildman–Crippen LogP) is 2.81. The van der Waals surface area contributed by atoms with Crippen LogP contribution in [0.4, 0.5) is 4.79 Å². The Balaban J connectivity index is 2.20. The van der Waals surface area contributed by atoms with E-state index in [9.17, 15) is 9.59 Å². The summed E-state index contributed by atoms with van der Waals surface area (Å²) in [6.07, 6.45) is 0.720. The monoisotopic (exact) mass is 349 g/mol. The van der Waals surface area contributed by atoms with Gasteiger partial charge in [0.2, 0.25) is 0 Å². The predicted molar refractivity (Wildman–Crippen MR) is 91.2 cm³/mol. The molecule has 0 saturated carbocycles. The number of esters is 1. The van der Waals surface area contributed by atoms with Gasteiger partial charge in [-0.1, -0.05) is 12.1 Å². The van der Waals surface area contributed by atoms with Crippen LogP contribution in [0.1, 0.15) is 31.1 Å². The van der Waals surface area contributed by atoms with E-state index in [4.69, 9.17) is 9.47 Å². The lowest BCUT2D eigenvalue weighted by atomic mass is 10.1. The SMILES string of the molecule is CC(C)(C)OC(=O)n1cnnc1-c1ccc(C(=O)OCCS)cc1. The third-order valence-electron chi connectivity index (χ3n) is 2.84. The number of benzene rings is 1. The van der Waals surface area contributed by atoms with E-state index in [1.807, 2.05) is 0 Å². The van der Waals surface area contributed by atoms with Gasteiger partial charge in [0, 0.05) is 11.3 Å². The summed E-state index contributed by atoms with van der Waals surface area (Å²) in [5.74, 6) is 0.367. The van der Waals surface area contributed by atoms with Crippen LogP contribution in [-0.4, -0.2) is 44.8 Å². The molecule has 1 aromatic carbocycles. The zero-order chi connectivity index (χ0) is 17.7. The largest absolute Gasteiger partial charge is 0.461 e. The topological polar surface area (TPSA) is 83.3 Å². The van der Waals surface area contributed by atoms with Crippen LogP contribution in [0.15, 0.2) is 30.6 Å². The van der Waals surface area contributed by atoms with E-state index in [-0.39, 0.29) is 6.61 Å². The summed E-state index contributed by atoms with van der Waals surface area (Å²) in [6, 6.07) is 6.54. The second kappa shape index (κ2) is 7.48. The molecule has 128 valence electrons. The van der Waals surface area contributed by atoms with E-state index in [0.29, 0.717) is 22.7 Å². The molecule has 0 aliphatic rings. The maximum absolute atomic E-state index is 12.2. The molecule has 24 heavy (non-hydrogen) atoms. The van der Waals surface area contributed by atoms with Gasteiger partial charge in [0.05, 0.1) is 5.56 Å². The molecule has 1 aromatic heterocycles. The molecule has 0 aliphatic heterocycles. The highest BCUT2D eigenvalue weighted by atomic mass is 32.1. The summed E-state index contributed by atoms with van der Waals surface area (Å²) in [7, 11) is 0. The van der Waals surface area contributed by atoms with Crippen LogP contribution >= 0.6 is 12.6 Å². The average Bonchev–Trinajstić information content (AvgIpc) is 3.01. The van der Waals surface area contributed by atoms with Crippen LogP contribution in [0, 0.1) is 0 Å². The third-order valence-corrected chi connectivity index (χ3v) is 3.02. The molecule has 0 atom stereocenters. The van der Waals surface area contributed by atoms with E-state index in [1.54, 1.807) is 45.0 Å². The van der Waals surface area contributed by atoms with E-state index in [0.717, 1.165) is 0 Å². The van der Waals surface area contributed by atoms with Crippen molar-refractivity contribution < 1.29 is 19.1 Å². The van der Waals surface area contributed by atoms with Crippen LogP contribution in [0.5, 0.6) is 0 Å². The lowest BCUT2D eigenvalue weighted by Crippen LogP contribution is -2.27. The first-order valence-corrected chi connectivity index (χ1v) is 7.97. The molecule has 0 aliphatic carbocycles. The third kappa shape index (κ3) is 4.58. The highest BCUT2D eigenvalue weighted by Crippen LogP contribution is 2.19. The van der Waals surface area contributed by atoms with Crippen molar-refractivity contribution in [1.82, 2.24) is 14.8 Å². The average molecular weight is 349 g/mol. The van der Waals surface area contributed by atoms with Gasteiger partial charge < -0.3 is 9.47 Å². The maximum atomic E-state index is 12.2. The first-order chi connectivity index (χ1) is 11.3. The van der Waals surface area contributed by atoms with Crippen molar-refractivity contribution in [2.75, 3.05) is 12.4 Å². The minimum absolute atomic E-state index is 0.247. The van der Waals surface area contributed by atoms with Crippen LogP contribution in [-0.2, 0) is 9.47 Å². The molecule has 0 saturated heterocycles. The number of carbonyl (C=O) groups is 2. The normalized spacial score (nSPS) is 11.2. The molecule has 8 heteroatoms. The molecular formula is C16H19N3O4S. The Hall–Kier alpha value is -2.35. The summed E-state index contributed by atoms with van der Waals surface area (Å²) in [4.78, 5) is 24.0. The van der Waals surface area contributed by atoms with Gasteiger partial charge in [-0.25, -0.2) is 14.2 Å². The molecular weight excluding hydrogens is 330 g/mol. The molecule has 1 heterocycles. The number of ether oxygens (including phenoxy) is 2. The van der Waals surface area contributed by atoms with Crippen molar-refractivity contribution in [3.8, 4) is 11.4 Å². The fraction of sp³-hybridized carbons (Fsp3) is 0.375. The van der Waals surface area contributed by atoms with Crippen molar-refractivity contribution in [3.63, 3.8) is 0 Å². The Morgan fingerprint density at radius 2 is 1.88 bits per heavy atom. The van der Waals surface area contributed by atoms with Crippen molar-refractivity contribution in [3.05, 3.63) is 36.2 Å². The molecule has 0 N–H and O–H groups in total.